The molecule has 0 aliphatic heterocycles. The molecule has 0 amide bonds. The average Bonchev–Trinajstić information content (AvgIpc) is 3.00. The maximum atomic E-state index is 5.18. The smallest absolute Gasteiger partial charge is 0.0713 e. The lowest BCUT2D eigenvalue weighted by atomic mass is 9.91. The van der Waals surface area contributed by atoms with E-state index in [1.54, 1.807) is 7.11 Å². The molecule has 0 unspecified atom stereocenters. The molecule has 1 atom stereocenters. The van der Waals surface area contributed by atoms with E-state index in [4.69, 9.17) is 4.74 Å². The Morgan fingerprint density at radius 2 is 1.96 bits per heavy atom. The summed E-state index contributed by atoms with van der Waals surface area (Å²) in [5.41, 5.74) is 6.62. The van der Waals surface area contributed by atoms with Gasteiger partial charge in [0, 0.05) is 40.8 Å². The Labute approximate surface area is 156 Å². The van der Waals surface area contributed by atoms with Gasteiger partial charge in [0.05, 0.1) is 6.61 Å². The van der Waals surface area contributed by atoms with Crippen LogP contribution in [0.4, 0.5) is 0 Å². The van der Waals surface area contributed by atoms with Crippen molar-refractivity contribution in [1.29, 1.82) is 0 Å². The number of nitrogens with one attached hydrogen (secondary N) is 2. The first kappa shape index (κ1) is 16.8. The highest BCUT2D eigenvalue weighted by Crippen LogP contribution is 2.35. The van der Waals surface area contributed by atoms with Gasteiger partial charge in [0.1, 0.15) is 0 Å². The average molecular weight is 399 g/mol. The summed E-state index contributed by atoms with van der Waals surface area (Å²) in [6, 6.07) is 15.6. The molecule has 1 aliphatic carbocycles. The van der Waals surface area contributed by atoms with Crippen LogP contribution in [0.3, 0.4) is 0 Å². The molecular formula is C21H23BrN2O. The molecule has 0 fully saturated rings. The molecule has 2 N–H and O–H groups in total. The van der Waals surface area contributed by atoms with Crippen LogP contribution < -0.4 is 5.32 Å². The van der Waals surface area contributed by atoms with E-state index in [2.05, 4.69) is 68.7 Å². The molecule has 0 saturated heterocycles. The minimum Gasteiger partial charge on any atom is -0.380 e. The zero-order valence-corrected chi connectivity index (χ0v) is 16.0. The third-order valence-electron chi connectivity index (χ3n) is 5.06. The molecule has 4 rings (SSSR count). The highest BCUT2D eigenvalue weighted by Gasteiger charge is 2.23. The number of ether oxygens (including phenoxy) is 1. The molecule has 3 nitrogen and oxygen atoms in total. The van der Waals surface area contributed by atoms with Crippen LogP contribution in [0.1, 0.15) is 41.3 Å². The fourth-order valence-corrected chi connectivity index (χ4v) is 4.16. The molecule has 0 radical (unpaired) electrons. The lowest BCUT2D eigenvalue weighted by molar-refractivity contribution is 0.185. The van der Waals surface area contributed by atoms with Gasteiger partial charge < -0.3 is 15.0 Å². The monoisotopic (exact) mass is 398 g/mol. The van der Waals surface area contributed by atoms with Crippen molar-refractivity contribution in [2.24, 2.45) is 0 Å². The van der Waals surface area contributed by atoms with E-state index in [1.807, 2.05) is 0 Å². The predicted octanol–water partition coefficient (Wildman–Crippen LogP) is 5.24. The van der Waals surface area contributed by atoms with Crippen molar-refractivity contribution in [2.75, 3.05) is 7.11 Å². The molecule has 0 bridgehead atoms. The largest absolute Gasteiger partial charge is 0.380 e. The fourth-order valence-electron chi connectivity index (χ4n) is 3.80. The Hall–Kier alpha value is -1.62. The Bertz CT molecular complexity index is 869. The van der Waals surface area contributed by atoms with Crippen molar-refractivity contribution in [1.82, 2.24) is 10.3 Å². The summed E-state index contributed by atoms with van der Waals surface area (Å²) < 4.78 is 6.32. The maximum absolute atomic E-state index is 5.18. The van der Waals surface area contributed by atoms with Crippen molar-refractivity contribution < 1.29 is 4.74 Å². The molecular weight excluding hydrogens is 376 g/mol. The van der Waals surface area contributed by atoms with E-state index in [9.17, 15) is 0 Å². The molecule has 0 spiro atoms. The van der Waals surface area contributed by atoms with Gasteiger partial charge in [-0.1, -0.05) is 40.2 Å². The number of rotatable bonds is 5. The molecule has 25 heavy (non-hydrogen) atoms. The topological polar surface area (TPSA) is 37.0 Å². The summed E-state index contributed by atoms with van der Waals surface area (Å²) >= 11 is 3.60. The first-order valence-electron chi connectivity index (χ1n) is 8.85. The number of hydrogen-bond acceptors (Lipinski definition) is 2. The number of methoxy groups -OCH3 is 1. The van der Waals surface area contributed by atoms with Gasteiger partial charge in [-0.3, -0.25) is 0 Å². The van der Waals surface area contributed by atoms with Gasteiger partial charge in [-0.25, -0.2) is 0 Å². The van der Waals surface area contributed by atoms with E-state index in [-0.39, 0.29) is 0 Å². The van der Waals surface area contributed by atoms with Gasteiger partial charge >= 0.3 is 0 Å². The highest BCUT2D eigenvalue weighted by molar-refractivity contribution is 9.10. The lowest BCUT2D eigenvalue weighted by Crippen LogP contribution is -2.24. The minimum atomic E-state index is 0.397. The highest BCUT2D eigenvalue weighted by atomic mass is 79.9. The minimum absolute atomic E-state index is 0.397. The quantitative estimate of drug-likeness (QED) is 0.615. The van der Waals surface area contributed by atoms with Crippen LogP contribution in [0, 0.1) is 0 Å². The van der Waals surface area contributed by atoms with E-state index in [0.29, 0.717) is 12.6 Å². The third-order valence-corrected chi connectivity index (χ3v) is 5.55. The number of fused-ring (bicyclic) bond motifs is 3. The normalized spacial score (nSPS) is 17.0. The van der Waals surface area contributed by atoms with Crippen LogP contribution in [0.5, 0.6) is 0 Å². The van der Waals surface area contributed by atoms with Gasteiger partial charge in [-0.2, -0.15) is 0 Å². The SMILES string of the molecule is COCc1ccc(CN[C@@H]2CCCc3c2[nH]c2ccc(Br)cc32)cc1. The lowest BCUT2D eigenvalue weighted by Gasteiger charge is -2.24. The van der Waals surface area contributed by atoms with E-state index < -0.39 is 0 Å². The summed E-state index contributed by atoms with van der Waals surface area (Å²) in [6.07, 6.45) is 3.58. The van der Waals surface area contributed by atoms with Crippen LogP contribution >= 0.6 is 15.9 Å². The summed E-state index contributed by atoms with van der Waals surface area (Å²) in [5, 5.41) is 5.11. The summed E-state index contributed by atoms with van der Waals surface area (Å²) in [5.74, 6) is 0. The number of aromatic nitrogens is 1. The zero-order valence-electron chi connectivity index (χ0n) is 14.4. The summed E-state index contributed by atoms with van der Waals surface area (Å²) in [4.78, 5) is 3.66. The molecule has 0 saturated carbocycles. The predicted molar refractivity (Wildman–Crippen MR) is 106 cm³/mol. The Morgan fingerprint density at radius 3 is 2.76 bits per heavy atom. The molecule has 3 aromatic rings. The first-order chi connectivity index (χ1) is 12.2. The van der Waals surface area contributed by atoms with Crippen LogP contribution in [0.15, 0.2) is 46.9 Å². The Morgan fingerprint density at radius 1 is 1.16 bits per heavy atom. The van der Waals surface area contributed by atoms with Crippen LogP contribution in [-0.2, 0) is 24.3 Å². The molecule has 130 valence electrons. The second-order valence-corrected chi connectivity index (χ2v) is 7.70. The number of halogens is 1. The van der Waals surface area contributed by atoms with Gasteiger partial charge in [0.2, 0.25) is 0 Å². The number of H-pyrrole nitrogens is 1. The third kappa shape index (κ3) is 3.52. The van der Waals surface area contributed by atoms with Crippen molar-refractivity contribution in [3.63, 3.8) is 0 Å². The second kappa shape index (κ2) is 7.32. The molecule has 1 heterocycles. The summed E-state index contributed by atoms with van der Waals surface area (Å²) in [6.45, 7) is 1.56. The molecule has 4 heteroatoms. The van der Waals surface area contributed by atoms with E-state index in [0.717, 1.165) is 17.4 Å². The first-order valence-corrected chi connectivity index (χ1v) is 9.64. The molecule has 1 aliphatic rings. The molecule has 2 aromatic carbocycles. The van der Waals surface area contributed by atoms with Crippen LogP contribution in [-0.4, -0.2) is 12.1 Å². The van der Waals surface area contributed by atoms with Crippen LogP contribution in [0.25, 0.3) is 10.9 Å². The van der Waals surface area contributed by atoms with E-state index >= 15 is 0 Å². The second-order valence-electron chi connectivity index (χ2n) is 6.78. The maximum Gasteiger partial charge on any atom is 0.0713 e. The Kier molecular flexibility index (Phi) is 4.93. The van der Waals surface area contributed by atoms with Gasteiger partial charge in [0.25, 0.3) is 0 Å². The Balaban J connectivity index is 1.52. The van der Waals surface area contributed by atoms with Crippen molar-refractivity contribution >= 4 is 26.8 Å². The standard InChI is InChI=1S/C21H23BrN2O/c1-25-13-15-7-5-14(6-8-15)12-23-20-4-2-3-17-18-11-16(22)9-10-19(18)24-21(17)20/h5-11,20,23-24H,2-4,12-13H2,1H3/t20-/m1/s1. The molecule has 1 aromatic heterocycles. The number of aryl methyl sites for hydroxylation is 1. The van der Waals surface area contributed by atoms with Gasteiger partial charge in [0.15, 0.2) is 0 Å². The van der Waals surface area contributed by atoms with Gasteiger partial charge in [-0.05, 0) is 54.2 Å². The number of aromatic amines is 1. The summed E-state index contributed by atoms with van der Waals surface area (Å²) in [7, 11) is 1.73. The van der Waals surface area contributed by atoms with Crippen LogP contribution in [0.2, 0.25) is 0 Å². The van der Waals surface area contributed by atoms with Crippen molar-refractivity contribution in [3.8, 4) is 0 Å². The zero-order chi connectivity index (χ0) is 17.2. The van der Waals surface area contributed by atoms with Crippen molar-refractivity contribution in [3.05, 3.63) is 69.3 Å². The van der Waals surface area contributed by atoms with E-state index in [1.165, 1.54) is 46.1 Å². The fraction of sp³-hybridized carbons (Fsp3) is 0.333. The van der Waals surface area contributed by atoms with Gasteiger partial charge in [-0.15, -0.1) is 0 Å². The van der Waals surface area contributed by atoms with Crippen molar-refractivity contribution in [2.45, 2.75) is 38.5 Å². The number of benzene rings is 2. The number of hydrogen-bond donors (Lipinski definition) is 2.